The first-order valence-corrected chi connectivity index (χ1v) is 7.13. The standard InChI is InChI=1S/C15H25NO3/c1-3-4-5-6-7-8-9-10-11-19-15(18)14(2)12-16-13-17/h12H,3-11H2,1-2H3. The molecule has 0 amide bonds. The number of rotatable bonds is 11. The quantitative estimate of drug-likeness (QED) is 0.187. The van der Waals surface area contributed by atoms with E-state index in [4.69, 9.17) is 4.74 Å². The van der Waals surface area contributed by atoms with Crippen LogP contribution in [0.15, 0.2) is 16.8 Å². The second kappa shape index (κ2) is 13.0. The predicted octanol–water partition coefficient (Wildman–Crippen LogP) is 3.91. The highest BCUT2D eigenvalue weighted by atomic mass is 16.5. The normalized spacial score (nSPS) is 10.9. The van der Waals surface area contributed by atoms with Gasteiger partial charge in [0.05, 0.1) is 18.4 Å². The molecule has 0 heterocycles. The Labute approximate surface area is 115 Å². The molecule has 19 heavy (non-hydrogen) atoms. The molecule has 0 aromatic rings. The first-order valence-electron chi connectivity index (χ1n) is 7.13. The van der Waals surface area contributed by atoms with Crippen molar-refractivity contribution in [2.24, 2.45) is 4.99 Å². The smallest absolute Gasteiger partial charge is 0.335 e. The van der Waals surface area contributed by atoms with Gasteiger partial charge in [0, 0.05) is 0 Å². The Hall–Kier alpha value is -1.41. The van der Waals surface area contributed by atoms with Crippen LogP contribution in [0.25, 0.3) is 0 Å². The van der Waals surface area contributed by atoms with Gasteiger partial charge in [-0.15, -0.1) is 0 Å². The highest BCUT2D eigenvalue weighted by molar-refractivity contribution is 5.87. The molecule has 0 radical (unpaired) electrons. The van der Waals surface area contributed by atoms with Crippen LogP contribution in [-0.4, -0.2) is 18.7 Å². The summed E-state index contributed by atoms with van der Waals surface area (Å²) in [6.07, 6.45) is 12.2. The fourth-order valence-electron chi connectivity index (χ4n) is 1.69. The monoisotopic (exact) mass is 267 g/mol. The van der Waals surface area contributed by atoms with Crippen molar-refractivity contribution >= 4 is 12.0 Å². The largest absolute Gasteiger partial charge is 0.462 e. The molecular weight excluding hydrogens is 242 g/mol. The zero-order chi connectivity index (χ0) is 14.3. The summed E-state index contributed by atoms with van der Waals surface area (Å²) >= 11 is 0. The van der Waals surface area contributed by atoms with E-state index in [1.165, 1.54) is 50.8 Å². The van der Waals surface area contributed by atoms with Crippen molar-refractivity contribution in [2.75, 3.05) is 6.61 Å². The number of unbranched alkanes of at least 4 members (excludes halogenated alkanes) is 7. The third-order valence-electron chi connectivity index (χ3n) is 2.86. The molecule has 0 fully saturated rings. The van der Waals surface area contributed by atoms with Gasteiger partial charge in [-0.25, -0.2) is 9.59 Å². The summed E-state index contributed by atoms with van der Waals surface area (Å²) in [6, 6.07) is 0. The number of nitrogens with zero attached hydrogens (tertiary/aromatic N) is 1. The van der Waals surface area contributed by atoms with Crippen molar-refractivity contribution in [1.29, 1.82) is 0 Å². The number of ether oxygens (including phenoxy) is 1. The van der Waals surface area contributed by atoms with E-state index in [-0.39, 0.29) is 0 Å². The van der Waals surface area contributed by atoms with Gasteiger partial charge in [0.1, 0.15) is 0 Å². The zero-order valence-electron chi connectivity index (χ0n) is 12.1. The second-order valence-electron chi connectivity index (χ2n) is 4.64. The first kappa shape index (κ1) is 17.6. The SMILES string of the molecule is CCCCCCCCCCOC(=O)C(C)=CN=C=O. The van der Waals surface area contributed by atoms with Crippen LogP contribution >= 0.6 is 0 Å². The fraction of sp³-hybridized carbons (Fsp3) is 0.733. The van der Waals surface area contributed by atoms with E-state index in [1.54, 1.807) is 6.92 Å². The third kappa shape index (κ3) is 11.4. The van der Waals surface area contributed by atoms with Gasteiger partial charge in [-0.05, 0) is 13.3 Å². The molecule has 0 saturated carbocycles. The van der Waals surface area contributed by atoms with Gasteiger partial charge in [-0.3, -0.25) is 0 Å². The topological polar surface area (TPSA) is 55.7 Å². The molecule has 0 aliphatic heterocycles. The van der Waals surface area contributed by atoms with Crippen LogP contribution in [0, 0.1) is 0 Å². The molecule has 0 aromatic carbocycles. The number of carbonyl (C=O) groups is 1. The van der Waals surface area contributed by atoms with Crippen molar-refractivity contribution in [3.05, 3.63) is 11.8 Å². The first-order chi connectivity index (χ1) is 9.22. The number of hydrogen-bond donors (Lipinski definition) is 0. The molecule has 0 rings (SSSR count). The molecule has 4 nitrogen and oxygen atoms in total. The minimum Gasteiger partial charge on any atom is -0.462 e. The van der Waals surface area contributed by atoms with Crippen LogP contribution in [0.4, 0.5) is 0 Å². The Morgan fingerprint density at radius 1 is 1.11 bits per heavy atom. The van der Waals surface area contributed by atoms with Crippen molar-refractivity contribution in [1.82, 2.24) is 0 Å². The third-order valence-corrected chi connectivity index (χ3v) is 2.86. The Bertz CT molecular complexity index is 317. The number of carbonyl (C=O) groups excluding carboxylic acids is 2. The lowest BCUT2D eigenvalue weighted by molar-refractivity contribution is -0.139. The summed E-state index contributed by atoms with van der Waals surface area (Å²) in [4.78, 5) is 24.5. The van der Waals surface area contributed by atoms with E-state index in [1.807, 2.05) is 0 Å². The molecule has 0 aliphatic carbocycles. The molecule has 0 atom stereocenters. The Morgan fingerprint density at radius 2 is 1.68 bits per heavy atom. The summed E-state index contributed by atoms with van der Waals surface area (Å²) in [5.41, 5.74) is 0.322. The van der Waals surface area contributed by atoms with Crippen molar-refractivity contribution in [3.8, 4) is 0 Å². The van der Waals surface area contributed by atoms with Gasteiger partial charge in [0.2, 0.25) is 6.08 Å². The molecule has 0 N–H and O–H groups in total. The van der Waals surface area contributed by atoms with Crippen LogP contribution in [0.3, 0.4) is 0 Å². The van der Waals surface area contributed by atoms with Crippen LogP contribution in [-0.2, 0) is 14.3 Å². The number of hydrogen-bond acceptors (Lipinski definition) is 4. The molecule has 0 aliphatic rings. The summed E-state index contributed by atoms with van der Waals surface area (Å²) in [6.45, 7) is 4.21. The van der Waals surface area contributed by atoms with E-state index in [0.29, 0.717) is 12.2 Å². The molecule has 0 unspecified atom stereocenters. The molecule has 108 valence electrons. The molecule has 0 saturated heterocycles. The lowest BCUT2D eigenvalue weighted by Crippen LogP contribution is -2.06. The van der Waals surface area contributed by atoms with E-state index in [2.05, 4.69) is 11.9 Å². The zero-order valence-corrected chi connectivity index (χ0v) is 12.1. The maximum Gasteiger partial charge on any atom is 0.335 e. The lowest BCUT2D eigenvalue weighted by Gasteiger charge is -2.04. The minimum absolute atomic E-state index is 0.322. The Kier molecular flexibility index (Phi) is 12.1. The minimum atomic E-state index is -0.415. The fourth-order valence-corrected chi connectivity index (χ4v) is 1.69. The van der Waals surface area contributed by atoms with Crippen molar-refractivity contribution in [2.45, 2.75) is 65.2 Å². The number of aliphatic imine (C=N–C) groups is 1. The van der Waals surface area contributed by atoms with Gasteiger partial charge < -0.3 is 4.74 Å². The summed E-state index contributed by atoms with van der Waals surface area (Å²) in [5.74, 6) is -0.415. The number of isocyanates is 1. The van der Waals surface area contributed by atoms with Gasteiger partial charge in [0.15, 0.2) is 0 Å². The van der Waals surface area contributed by atoms with Gasteiger partial charge >= 0.3 is 5.97 Å². The van der Waals surface area contributed by atoms with Crippen molar-refractivity contribution in [3.63, 3.8) is 0 Å². The van der Waals surface area contributed by atoms with E-state index < -0.39 is 5.97 Å². The Morgan fingerprint density at radius 3 is 2.26 bits per heavy atom. The maximum absolute atomic E-state index is 11.4. The van der Waals surface area contributed by atoms with Crippen LogP contribution in [0.1, 0.15) is 65.2 Å². The van der Waals surface area contributed by atoms with Crippen LogP contribution < -0.4 is 0 Å². The molecule has 0 aromatic heterocycles. The van der Waals surface area contributed by atoms with Crippen LogP contribution in [0.2, 0.25) is 0 Å². The highest BCUT2D eigenvalue weighted by Gasteiger charge is 2.04. The molecule has 4 heteroatoms. The second-order valence-corrected chi connectivity index (χ2v) is 4.64. The molecule has 0 bridgehead atoms. The molecular formula is C15H25NO3. The summed E-state index contributed by atoms with van der Waals surface area (Å²) < 4.78 is 5.05. The van der Waals surface area contributed by atoms with E-state index in [9.17, 15) is 9.59 Å². The predicted molar refractivity (Wildman–Crippen MR) is 75.4 cm³/mol. The van der Waals surface area contributed by atoms with Gasteiger partial charge in [0.25, 0.3) is 0 Å². The lowest BCUT2D eigenvalue weighted by atomic mass is 10.1. The average molecular weight is 267 g/mol. The summed E-state index contributed by atoms with van der Waals surface area (Å²) in [7, 11) is 0. The maximum atomic E-state index is 11.4. The van der Waals surface area contributed by atoms with Crippen LogP contribution in [0.5, 0.6) is 0 Å². The highest BCUT2D eigenvalue weighted by Crippen LogP contribution is 2.08. The van der Waals surface area contributed by atoms with E-state index in [0.717, 1.165) is 12.8 Å². The molecule has 0 spiro atoms. The number of esters is 1. The van der Waals surface area contributed by atoms with Gasteiger partial charge in [-0.2, -0.15) is 4.99 Å². The summed E-state index contributed by atoms with van der Waals surface area (Å²) in [5, 5.41) is 0. The Balaban J connectivity index is 3.44. The van der Waals surface area contributed by atoms with Gasteiger partial charge in [-0.1, -0.05) is 51.9 Å². The average Bonchev–Trinajstić information content (AvgIpc) is 2.42. The van der Waals surface area contributed by atoms with E-state index >= 15 is 0 Å². The van der Waals surface area contributed by atoms with Crippen molar-refractivity contribution < 1.29 is 14.3 Å².